The predicted molar refractivity (Wildman–Crippen MR) is 125 cm³/mol. The normalized spacial score (nSPS) is 12.7. The van der Waals surface area contributed by atoms with Crippen LogP contribution in [0.25, 0.3) is 0 Å². The van der Waals surface area contributed by atoms with E-state index in [1.807, 2.05) is 6.92 Å². The van der Waals surface area contributed by atoms with Gasteiger partial charge in [-0.1, -0.05) is 41.4 Å². The minimum atomic E-state index is -4.12. The van der Waals surface area contributed by atoms with Gasteiger partial charge in [-0.25, -0.2) is 12.8 Å². The fourth-order valence-electron chi connectivity index (χ4n) is 3.41. The van der Waals surface area contributed by atoms with Crippen LogP contribution in [0.5, 0.6) is 11.5 Å². The van der Waals surface area contributed by atoms with Crippen molar-refractivity contribution in [3.8, 4) is 11.5 Å². The third kappa shape index (κ3) is 5.32. The monoisotopic (exact) mass is 504 g/mol. The molecular weight excluding hydrogens is 483 g/mol. The van der Waals surface area contributed by atoms with Crippen LogP contribution in [0.4, 0.5) is 4.39 Å². The first-order chi connectivity index (χ1) is 16.2. The van der Waals surface area contributed by atoms with Gasteiger partial charge in [-0.15, -0.1) is 0 Å². The number of carbonyl (C=O) groups is 1. The molecule has 4 rings (SSSR count). The molecule has 1 amide bonds. The standard InChI is InChI=1S/C24H22ClFN2O5S/c1-16-5-8-18(9-6-16)34(30,31)28(13-19-20(25)3-2-4-21(19)26)14-24(29)27-12-17-7-10-22-23(11-17)33-15-32-22/h2-11H,12-15H2,1H3,(H,27,29). The Hall–Kier alpha value is -3.14. The zero-order valence-electron chi connectivity index (χ0n) is 18.3. The van der Waals surface area contributed by atoms with E-state index in [9.17, 15) is 17.6 Å². The molecule has 10 heteroatoms. The predicted octanol–water partition coefficient (Wildman–Crippen LogP) is 4.02. The number of nitrogens with one attached hydrogen (secondary N) is 1. The lowest BCUT2D eigenvalue weighted by Crippen LogP contribution is -2.40. The molecule has 178 valence electrons. The number of nitrogens with zero attached hydrogens (tertiary/aromatic N) is 1. The van der Waals surface area contributed by atoms with E-state index in [2.05, 4.69) is 5.32 Å². The van der Waals surface area contributed by atoms with Gasteiger partial charge in [-0.05, 0) is 48.9 Å². The van der Waals surface area contributed by atoms with Gasteiger partial charge in [0.15, 0.2) is 11.5 Å². The summed E-state index contributed by atoms with van der Waals surface area (Å²) in [5.74, 6) is -0.0186. The van der Waals surface area contributed by atoms with Crippen molar-refractivity contribution >= 4 is 27.5 Å². The van der Waals surface area contributed by atoms with Gasteiger partial charge in [-0.3, -0.25) is 4.79 Å². The highest BCUT2D eigenvalue weighted by atomic mass is 35.5. The summed E-state index contributed by atoms with van der Waals surface area (Å²) in [6.07, 6.45) is 0. The molecule has 0 aromatic heterocycles. The zero-order valence-corrected chi connectivity index (χ0v) is 19.8. The Labute approximate surface area is 202 Å². The number of aryl methyl sites for hydroxylation is 1. The van der Waals surface area contributed by atoms with E-state index in [4.69, 9.17) is 21.1 Å². The van der Waals surface area contributed by atoms with Gasteiger partial charge in [0.1, 0.15) is 5.82 Å². The summed E-state index contributed by atoms with van der Waals surface area (Å²) in [7, 11) is -4.12. The Bertz CT molecular complexity index is 1300. The summed E-state index contributed by atoms with van der Waals surface area (Å²) in [5, 5.41) is 2.77. The Morgan fingerprint density at radius 1 is 1.09 bits per heavy atom. The molecule has 1 aliphatic rings. The van der Waals surface area contributed by atoms with Crippen molar-refractivity contribution in [1.29, 1.82) is 0 Å². The Kier molecular flexibility index (Phi) is 7.06. The minimum Gasteiger partial charge on any atom is -0.454 e. The molecule has 0 bridgehead atoms. The largest absolute Gasteiger partial charge is 0.454 e. The lowest BCUT2D eigenvalue weighted by Gasteiger charge is -2.23. The van der Waals surface area contributed by atoms with Crippen LogP contribution in [-0.4, -0.2) is 32.0 Å². The molecule has 0 saturated carbocycles. The van der Waals surface area contributed by atoms with Crippen molar-refractivity contribution in [2.24, 2.45) is 0 Å². The van der Waals surface area contributed by atoms with Crippen LogP contribution >= 0.6 is 11.6 Å². The smallest absolute Gasteiger partial charge is 0.243 e. The second-order valence-corrected chi connectivity index (χ2v) is 10.1. The molecule has 7 nitrogen and oxygen atoms in total. The molecule has 1 N–H and O–H groups in total. The zero-order chi connectivity index (χ0) is 24.3. The van der Waals surface area contributed by atoms with Crippen molar-refractivity contribution in [2.75, 3.05) is 13.3 Å². The van der Waals surface area contributed by atoms with Gasteiger partial charge >= 0.3 is 0 Å². The summed E-state index contributed by atoms with van der Waals surface area (Å²) >= 11 is 6.13. The number of halogens is 2. The molecule has 0 fully saturated rings. The molecule has 0 spiro atoms. The molecule has 1 heterocycles. The van der Waals surface area contributed by atoms with E-state index in [1.54, 1.807) is 30.3 Å². The van der Waals surface area contributed by atoms with Crippen molar-refractivity contribution in [3.05, 3.63) is 88.2 Å². The molecular formula is C24H22ClFN2O5S. The minimum absolute atomic E-state index is 0.00543. The number of rotatable bonds is 8. The fraction of sp³-hybridized carbons (Fsp3) is 0.208. The molecule has 3 aromatic rings. The van der Waals surface area contributed by atoms with Gasteiger partial charge in [0, 0.05) is 23.7 Å². The molecule has 34 heavy (non-hydrogen) atoms. The summed E-state index contributed by atoms with van der Waals surface area (Å²) in [4.78, 5) is 12.7. The van der Waals surface area contributed by atoms with Gasteiger partial charge in [0.25, 0.3) is 0 Å². The maximum Gasteiger partial charge on any atom is 0.243 e. The number of amides is 1. The van der Waals surface area contributed by atoms with Crippen molar-refractivity contribution in [3.63, 3.8) is 0 Å². The van der Waals surface area contributed by atoms with Crippen LogP contribution < -0.4 is 14.8 Å². The van der Waals surface area contributed by atoms with E-state index in [1.165, 1.54) is 30.3 Å². The Morgan fingerprint density at radius 2 is 1.82 bits per heavy atom. The summed E-state index contributed by atoms with van der Waals surface area (Å²) < 4.78 is 52.7. The maximum absolute atomic E-state index is 14.4. The number of fused-ring (bicyclic) bond motifs is 1. The first-order valence-corrected chi connectivity index (χ1v) is 12.2. The highest BCUT2D eigenvalue weighted by Crippen LogP contribution is 2.32. The quantitative estimate of drug-likeness (QED) is 0.501. The van der Waals surface area contributed by atoms with Crippen LogP contribution in [-0.2, 0) is 27.9 Å². The van der Waals surface area contributed by atoms with Crippen LogP contribution in [0.1, 0.15) is 16.7 Å². The van der Waals surface area contributed by atoms with Gasteiger partial charge < -0.3 is 14.8 Å². The summed E-state index contributed by atoms with van der Waals surface area (Å²) in [6.45, 7) is 1.19. The summed E-state index contributed by atoms with van der Waals surface area (Å²) in [6, 6.07) is 15.5. The second-order valence-electron chi connectivity index (χ2n) is 7.75. The van der Waals surface area contributed by atoms with Crippen LogP contribution in [0, 0.1) is 12.7 Å². The lowest BCUT2D eigenvalue weighted by molar-refractivity contribution is -0.121. The lowest BCUT2D eigenvalue weighted by atomic mass is 10.2. The maximum atomic E-state index is 14.4. The number of sulfonamides is 1. The van der Waals surface area contributed by atoms with Crippen molar-refractivity contribution < 1.29 is 27.1 Å². The molecule has 1 aliphatic heterocycles. The van der Waals surface area contributed by atoms with Gasteiger partial charge in [0.05, 0.1) is 11.4 Å². The second kappa shape index (κ2) is 10.0. The number of carbonyl (C=O) groups excluding carboxylic acids is 1. The molecule has 0 aliphatic carbocycles. The van der Waals surface area contributed by atoms with E-state index in [0.29, 0.717) is 11.5 Å². The third-order valence-corrected chi connectivity index (χ3v) is 7.46. The van der Waals surface area contributed by atoms with Gasteiger partial charge in [-0.2, -0.15) is 4.31 Å². The average molecular weight is 505 g/mol. The Morgan fingerprint density at radius 3 is 2.56 bits per heavy atom. The van der Waals surface area contributed by atoms with Gasteiger partial charge in [0.2, 0.25) is 22.7 Å². The molecule has 0 unspecified atom stereocenters. The van der Waals surface area contributed by atoms with E-state index < -0.39 is 34.8 Å². The average Bonchev–Trinajstić information content (AvgIpc) is 3.27. The molecule has 0 atom stereocenters. The van der Waals surface area contributed by atoms with Crippen LogP contribution in [0.2, 0.25) is 5.02 Å². The first kappa shape index (κ1) is 24.0. The van der Waals surface area contributed by atoms with Crippen LogP contribution in [0.15, 0.2) is 65.6 Å². The van der Waals surface area contributed by atoms with E-state index >= 15 is 0 Å². The summed E-state index contributed by atoms with van der Waals surface area (Å²) in [5.41, 5.74) is 1.62. The fourth-order valence-corrected chi connectivity index (χ4v) is 5.00. The van der Waals surface area contributed by atoms with Crippen LogP contribution in [0.3, 0.4) is 0 Å². The Balaban J connectivity index is 1.54. The third-order valence-electron chi connectivity index (χ3n) is 5.30. The van der Waals surface area contributed by atoms with Crippen molar-refractivity contribution in [1.82, 2.24) is 9.62 Å². The van der Waals surface area contributed by atoms with E-state index in [-0.39, 0.29) is 28.8 Å². The number of ether oxygens (including phenoxy) is 2. The molecule has 0 radical (unpaired) electrons. The SMILES string of the molecule is Cc1ccc(S(=O)(=O)N(CC(=O)NCc2ccc3c(c2)OCO3)Cc2c(F)cccc2Cl)cc1. The first-order valence-electron chi connectivity index (χ1n) is 10.4. The highest BCUT2D eigenvalue weighted by Gasteiger charge is 2.28. The van der Waals surface area contributed by atoms with Crippen molar-refractivity contribution in [2.45, 2.75) is 24.9 Å². The highest BCUT2D eigenvalue weighted by molar-refractivity contribution is 7.89. The topological polar surface area (TPSA) is 84.9 Å². The number of hydrogen-bond acceptors (Lipinski definition) is 5. The number of hydrogen-bond donors (Lipinski definition) is 1. The molecule has 3 aromatic carbocycles. The van der Waals surface area contributed by atoms with E-state index in [0.717, 1.165) is 15.4 Å². The number of benzene rings is 3. The molecule has 0 saturated heterocycles.